The molecule has 0 aliphatic carbocycles. The van der Waals surface area contributed by atoms with Crippen LogP contribution in [-0.2, 0) is 6.54 Å². The second-order valence-electron chi connectivity index (χ2n) is 4.60. The van der Waals surface area contributed by atoms with Gasteiger partial charge in [0.1, 0.15) is 17.4 Å². The largest absolute Gasteiger partial charge is 0.497 e. The Morgan fingerprint density at radius 3 is 2.95 bits per heavy atom. The molecule has 1 aromatic carbocycles. The van der Waals surface area contributed by atoms with Gasteiger partial charge in [-0.05, 0) is 25.1 Å². The van der Waals surface area contributed by atoms with Crippen LogP contribution in [-0.4, -0.2) is 38.6 Å². The van der Waals surface area contributed by atoms with Crippen LogP contribution in [0.2, 0.25) is 0 Å². The Morgan fingerprint density at radius 1 is 1.29 bits per heavy atom. The van der Waals surface area contributed by atoms with Gasteiger partial charge >= 0.3 is 0 Å². The molecule has 3 rings (SSSR count). The van der Waals surface area contributed by atoms with Crippen LogP contribution in [0.15, 0.2) is 30.6 Å². The molecule has 0 saturated carbocycles. The predicted molar refractivity (Wildman–Crippen MR) is 79.3 cm³/mol. The first kappa shape index (κ1) is 13.3. The van der Waals surface area contributed by atoms with E-state index in [0.717, 1.165) is 28.3 Å². The zero-order valence-corrected chi connectivity index (χ0v) is 11.9. The Bertz CT molecular complexity index is 741. The smallest absolute Gasteiger partial charge is 0.137 e. The molecule has 0 radical (unpaired) electrons. The first-order chi connectivity index (χ1) is 10.3. The molecule has 0 unspecified atom stereocenters. The van der Waals surface area contributed by atoms with E-state index in [0.29, 0.717) is 13.1 Å². The van der Waals surface area contributed by atoms with Crippen molar-refractivity contribution < 1.29 is 4.74 Å². The van der Waals surface area contributed by atoms with E-state index in [1.807, 2.05) is 31.3 Å². The van der Waals surface area contributed by atoms with Crippen LogP contribution in [0.4, 0.5) is 5.82 Å². The Balaban J connectivity index is 1.85. The lowest BCUT2D eigenvalue weighted by molar-refractivity contribution is 0.415. The number of anilines is 1. The summed E-state index contributed by atoms with van der Waals surface area (Å²) in [5.74, 6) is 2.32. The lowest BCUT2D eigenvalue weighted by Crippen LogP contribution is -2.12. The lowest BCUT2D eigenvalue weighted by atomic mass is 10.2. The van der Waals surface area contributed by atoms with E-state index in [9.17, 15) is 0 Å². The number of benzene rings is 1. The molecule has 2 aromatic heterocycles. The molecule has 0 aliphatic heterocycles. The van der Waals surface area contributed by atoms with Gasteiger partial charge in [0.05, 0.1) is 25.4 Å². The summed E-state index contributed by atoms with van der Waals surface area (Å²) in [5, 5.41) is 12.0. The van der Waals surface area contributed by atoms with Gasteiger partial charge in [-0.25, -0.2) is 9.97 Å². The number of fused-ring (bicyclic) bond motifs is 1. The summed E-state index contributed by atoms with van der Waals surface area (Å²) in [7, 11) is 1.65. The predicted octanol–water partition coefficient (Wildman–Crippen LogP) is 1.65. The summed E-state index contributed by atoms with van der Waals surface area (Å²) >= 11 is 0. The van der Waals surface area contributed by atoms with Gasteiger partial charge in [-0.15, -0.1) is 5.10 Å². The van der Waals surface area contributed by atoms with Gasteiger partial charge in [0.25, 0.3) is 0 Å². The number of aryl methyl sites for hydroxylation is 1. The highest BCUT2D eigenvalue weighted by molar-refractivity contribution is 5.90. The molecule has 7 heteroatoms. The van der Waals surface area contributed by atoms with Crippen molar-refractivity contribution in [1.82, 2.24) is 25.0 Å². The molecule has 3 aromatic rings. The fourth-order valence-corrected chi connectivity index (χ4v) is 2.13. The molecule has 0 atom stereocenters. The minimum absolute atomic E-state index is 0.701. The Kier molecular flexibility index (Phi) is 3.63. The maximum absolute atomic E-state index is 5.27. The van der Waals surface area contributed by atoms with Gasteiger partial charge in [-0.2, -0.15) is 0 Å². The van der Waals surface area contributed by atoms with Crippen molar-refractivity contribution in [2.45, 2.75) is 13.5 Å². The average molecular weight is 284 g/mol. The first-order valence-electron chi connectivity index (χ1n) is 6.66. The van der Waals surface area contributed by atoms with Crippen molar-refractivity contribution in [2.75, 3.05) is 19.0 Å². The third-order valence-electron chi connectivity index (χ3n) is 3.12. The van der Waals surface area contributed by atoms with E-state index in [-0.39, 0.29) is 0 Å². The van der Waals surface area contributed by atoms with Gasteiger partial charge < -0.3 is 10.1 Å². The SMILES string of the molecule is COc1ccc2nc(C)nc(NCCn3ccnn3)c2c1. The molecule has 0 fully saturated rings. The standard InChI is InChI=1S/C14H16N6O/c1-10-17-13-4-3-11(21-2)9-12(13)14(18-10)15-5-7-20-8-6-16-19-20/h3-4,6,8-9H,5,7H2,1-2H3,(H,15,17,18). The van der Waals surface area contributed by atoms with Crippen molar-refractivity contribution in [2.24, 2.45) is 0 Å². The fourth-order valence-electron chi connectivity index (χ4n) is 2.13. The first-order valence-corrected chi connectivity index (χ1v) is 6.66. The van der Waals surface area contributed by atoms with Crippen LogP contribution in [0.1, 0.15) is 5.82 Å². The Morgan fingerprint density at radius 2 is 2.19 bits per heavy atom. The Labute approximate surface area is 122 Å². The zero-order valence-electron chi connectivity index (χ0n) is 11.9. The van der Waals surface area contributed by atoms with E-state index in [1.165, 1.54) is 0 Å². The summed E-state index contributed by atoms with van der Waals surface area (Å²) in [5.41, 5.74) is 0.895. The minimum atomic E-state index is 0.701. The molecular formula is C14H16N6O. The van der Waals surface area contributed by atoms with Crippen LogP contribution in [0, 0.1) is 6.92 Å². The van der Waals surface area contributed by atoms with Gasteiger partial charge in [0.2, 0.25) is 0 Å². The maximum atomic E-state index is 5.27. The van der Waals surface area contributed by atoms with Crippen LogP contribution in [0.25, 0.3) is 10.9 Å². The summed E-state index contributed by atoms with van der Waals surface area (Å²) in [6, 6.07) is 5.77. The second-order valence-corrected chi connectivity index (χ2v) is 4.60. The Hall–Kier alpha value is -2.70. The molecule has 0 aliphatic rings. The van der Waals surface area contributed by atoms with E-state index in [2.05, 4.69) is 25.6 Å². The minimum Gasteiger partial charge on any atom is -0.497 e. The van der Waals surface area contributed by atoms with Crippen LogP contribution < -0.4 is 10.1 Å². The van der Waals surface area contributed by atoms with Crippen LogP contribution in [0.5, 0.6) is 5.75 Å². The highest BCUT2D eigenvalue weighted by Gasteiger charge is 2.07. The molecule has 0 spiro atoms. The summed E-state index contributed by atoms with van der Waals surface area (Å²) in [6.45, 7) is 3.30. The molecule has 0 amide bonds. The quantitative estimate of drug-likeness (QED) is 0.767. The number of nitrogens with zero attached hydrogens (tertiary/aromatic N) is 5. The number of ether oxygens (including phenoxy) is 1. The average Bonchev–Trinajstić information content (AvgIpc) is 3.00. The number of methoxy groups -OCH3 is 1. The molecule has 7 nitrogen and oxygen atoms in total. The maximum Gasteiger partial charge on any atom is 0.137 e. The third-order valence-corrected chi connectivity index (χ3v) is 3.12. The van der Waals surface area contributed by atoms with Crippen molar-refractivity contribution in [3.8, 4) is 5.75 Å². The number of aromatic nitrogens is 5. The molecular weight excluding hydrogens is 268 g/mol. The topological polar surface area (TPSA) is 77.8 Å². The third kappa shape index (κ3) is 2.91. The highest BCUT2D eigenvalue weighted by atomic mass is 16.5. The van der Waals surface area contributed by atoms with Gasteiger partial charge in [-0.1, -0.05) is 5.21 Å². The van der Waals surface area contributed by atoms with E-state index < -0.39 is 0 Å². The zero-order chi connectivity index (χ0) is 14.7. The van der Waals surface area contributed by atoms with E-state index in [4.69, 9.17) is 4.74 Å². The number of hydrogen-bond donors (Lipinski definition) is 1. The number of hydrogen-bond acceptors (Lipinski definition) is 6. The van der Waals surface area contributed by atoms with Crippen molar-refractivity contribution in [1.29, 1.82) is 0 Å². The van der Waals surface area contributed by atoms with Gasteiger partial charge in [0.15, 0.2) is 0 Å². The molecule has 108 valence electrons. The number of nitrogens with one attached hydrogen (secondary N) is 1. The van der Waals surface area contributed by atoms with Crippen molar-refractivity contribution in [3.63, 3.8) is 0 Å². The second kappa shape index (κ2) is 5.74. The molecule has 0 bridgehead atoms. The normalized spacial score (nSPS) is 10.8. The number of rotatable bonds is 5. The molecule has 2 heterocycles. The monoisotopic (exact) mass is 284 g/mol. The van der Waals surface area contributed by atoms with Crippen molar-refractivity contribution in [3.05, 3.63) is 36.4 Å². The molecule has 21 heavy (non-hydrogen) atoms. The molecule has 0 saturated heterocycles. The summed E-state index contributed by atoms with van der Waals surface area (Å²) in [4.78, 5) is 8.91. The lowest BCUT2D eigenvalue weighted by Gasteiger charge is -2.10. The fraction of sp³-hybridized carbons (Fsp3) is 0.286. The van der Waals surface area contributed by atoms with Crippen LogP contribution in [0.3, 0.4) is 0 Å². The highest BCUT2D eigenvalue weighted by Crippen LogP contribution is 2.24. The van der Waals surface area contributed by atoms with Gasteiger partial charge in [-0.3, -0.25) is 4.68 Å². The van der Waals surface area contributed by atoms with Crippen molar-refractivity contribution >= 4 is 16.7 Å². The van der Waals surface area contributed by atoms with Gasteiger partial charge in [0, 0.05) is 18.1 Å². The summed E-state index contributed by atoms with van der Waals surface area (Å²) < 4.78 is 7.03. The van der Waals surface area contributed by atoms with E-state index >= 15 is 0 Å². The van der Waals surface area contributed by atoms with E-state index in [1.54, 1.807) is 18.0 Å². The molecule has 1 N–H and O–H groups in total. The van der Waals surface area contributed by atoms with Crippen LogP contribution >= 0.6 is 0 Å². The summed E-state index contributed by atoms with van der Waals surface area (Å²) in [6.07, 6.45) is 3.49.